The molecule has 0 spiro atoms. The van der Waals surface area contributed by atoms with E-state index in [0.717, 1.165) is 5.69 Å². The summed E-state index contributed by atoms with van der Waals surface area (Å²) in [4.78, 5) is 16.4. The zero-order valence-corrected chi connectivity index (χ0v) is 14.2. The molecule has 0 unspecified atom stereocenters. The van der Waals surface area contributed by atoms with E-state index in [-0.39, 0.29) is 5.91 Å². The minimum absolute atomic E-state index is 0.108. The molecule has 1 heterocycles. The molecule has 4 nitrogen and oxygen atoms in total. The average Bonchev–Trinajstić information content (AvgIpc) is 3.09. The van der Waals surface area contributed by atoms with Crippen molar-refractivity contribution in [2.75, 3.05) is 7.05 Å². The van der Waals surface area contributed by atoms with Crippen molar-refractivity contribution in [2.24, 2.45) is 0 Å². The van der Waals surface area contributed by atoms with Crippen LogP contribution in [-0.4, -0.2) is 17.9 Å². The molecule has 5 heteroatoms. The molecule has 122 valence electrons. The highest BCUT2D eigenvalue weighted by molar-refractivity contribution is 7.09. The Morgan fingerprint density at radius 1 is 1.35 bits per heavy atom. The van der Waals surface area contributed by atoms with Gasteiger partial charge in [0, 0.05) is 23.9 Å². The molecule has 23 heavy (non-hydrogen) atoms. The van der Waals surface area contributed by atoms with Crippen LogP contribution in [0.5, 0.6) is 5.75 Å². The predicted octanol–water partition coefficient (Wildman–Crippen LogP) is 4.13. The number of hydrogen-bond acceptors (Lipinski definition) is 4. The van der Waals surface area contributed by atoms with Gasteiger partial charge >= 0.3 is 0 Å². The molecule has 1 aliphatic rings. The standard InChI is InChI=1S/C18H22N2O2S/c1-19-17(21)14-8-5-9-16(10-14)22-11-15-12-23-18(20-15)13-6-3-2-4-7-13/h5,8-10,12-13H,2-4,6-7,11H2,1H3,(H,19,21). The topological polar surface area (TPSA) is 51.2 Å². The second-order valence-corrected chi connectivity index (χ2v) is 6.80. The van der Waals surface area contributed by atoms with Crippen molar-refractivity contribution >= 4 is 17.2 Å². The molecule has 0 aliphatic heterocycles. The molecule has 1 aliphatic carbocycles. The minimum atomic E-state index is -0.108. The van der Waals surface area contributed by atoms with E-state index in [1.54, 1.807) is 30.5 Å². The first-order valence-electron chi connectivity index (χ1n) is 8.15. The fraction of sp³-hybridized carbons (Fsp3) is 0.444. The summed E-state index contributed by atoms with van der Waals surface area (Å²) < 4.78 is 5.79. The van der Waals surface area contributed by atoms with Crippen molar-refractivity contribution in [1.29, 1.82) is 0 Å². The molecule has 0 atom stereocenters. The van der Waals surface area contributed by atoms with E-state index in [1.807, 2.05) is 12.1 Å². The third kappa shape index (κ3) is 4.10. The lowest BCUT2D eigenvalue weighted by Crippen LogP contribution is -2.17. The van der Waals surface area contributed by atoms with Crippen LogP contribution in [0.1, 0.15) is 59.1 Å². The van der Waals surface area contributed by atoms with Crippen molar-refractivity contribution in [3.8, 4) is 5.75 Å². The molecular formula is C18H22N2O2S. The Labute approximate surface area is 140 Å². The van der Waals surface area contributed by atoms with Gasteiger partial charge in [-0.15, -0.1) is 11.3 Å². The van der Waals surface area contributed by atoms with Crippen LogP contribution in [0, 0.1) is 0 Å². The molecule has 1 fully saturated rings. The summed E-state index contributed by atoms with van der Waals surface area (Å²) in [5.41, 5.74) is 1.58. The number of hydrogen-bond donors (Lipinski definition) is 1. The minimum Gasteiger partial charge on any atom is -0.487 e. The van der Waals surface area contributed by atoms with E-state index in [1.165, 1.54) is 37.1 Å². The molecule has 2 aromatic rings. The van der Waals surface area contributed by atoms with Crippen LogP contribution >= 0.6 is 11.3 Å². The maximum absolute atomic E-state index is 11.6. The largest absolute Gasteiger partial charge is 0.487 e. The SMILES string of the molecule is CNC(=O)c1cccc(OCc2csc(C3CCCCC3)n2)c1. The lowest BCUT2D eigenvalue weighted by Gasteiger charge is -2.18. The molecule has 3 rings (SSSR count). The molecule has 1 aromatic heterocycles. The molecule has 0 bridgehead atoms. The summed E-state index contributed by atoms with van der Waals surface area (Å²) in [5, 5.41) is 5.96. The number of aromatic nitrogens is 1. The summed E-state index contributed by atoms with van der Waals surface area (Å²) >= 11 is 1.75. The normalized spacial score (nSPS) is 15.3. The Balaban J connectivity index is 1.60. The lowest BCUT2D eigenvalue weighted by atomic mass is 9.90. The third-order valence-electron chi connectivity index (χ3n) is 4.23. The highest BCUT2D eigenvalue weighted by Gasteiger charge is 2.18. The molecular weight excluding hydrogens is 308 g/mol. The number of nitrogens with zero attached hydrogens (tertiary/aromatic N) is 1. The molecule has 1 saturated carbocycles. The maximum Gasteiger partial charge on any atom is 0.251 e. The number of carbonyl (C=O) groups excluding carboxylic acids is 1. The first-order valence-corrected chi connectivity index (χ1v) is 9.03. The van der Waals surface area contributed by atoms with Crippen molar-refractivity contribution in [1.82, 2.24) is 10.3 Å². The van der Waals surface area contributed by atoms with Crippen LogP contribution in [0.3, 0.4) is 0 Å². The number of nitrogens with one attached hydrogen (secondary N) is 1. The number of carbonyl (C=O) groups is 1. The first kappa shape index (κ1) is 16.0. The van der Waals surface area contributed by atoms with Gasteiger partial charge in [-0.1, -0.05) is 25.3 Å². The van der Waals surface area contributed by atoms with Gasteiger partial charge in [-0.3, -0.25) is 4.79 Å². The van der Waals surface area contributed by atoms with Crippen LogP contribution in [0.4, 0.5) is 0 Å². The van der Waals surface area contributed by atoms with Crippen LogP contribution in [0.25, 0.3) is 0 Å². The van der Waals surface area contributed by atoms with Crippen molar-refractivity contribution in [3.05, 3.63) is 45.9 Å². The van der Waals surface area contributed by atoms with Crippen LogP contribution in [0.2, 0.25) is 0 Å². The number of ether oxygens (including phenoxy) is 1. The Kier molecular flexibility index (Phi) is 5.28. The van der Waals surface area contributed by atoms with E-state index >= 15 is 0 Å². The monoisotopic (exact) mass is 330 g/mol. The summed E-state index contributed by atoms with van der Waals surface area (Å²) in [7, 11) is 1.62. The van der Waals surface area contributed by atoms with Gasteiger partial charge in [-0.2, -0.15) is 0 Å². The van der Waals surface area contributed by atoms with Gasteiger partial charge in [0.15, 0.2) is 0 Å². The van der Waals surface area contributed by atoms with Crippen LogP contribution in [0.15, 0.2) is 29.6 Å². The summed E-state index contributed by atoms with van der Waals surface area (Å²) in [6, 6.07) is 7.22. The Bertz CT molecular complexity index is 663. The van der Waals surface area contributed by atoms with Crippen LogP contribution < -0.4 is 10.1 Å². The first-order chi connectivity index (χ1) is 11.3. The molecule has 1 aromatic carbocycles. The molecule has 1 N–H and O–H groups in total. The highest BCUT2D eigenvalue weighted by atomic mass is 32.1. The van der Waals surface area contributed by atoms with Crippen molar-refractivity contribution in [3.63, 3.8) is 0 Å². The van der Waals surface area contributed by atoms with Gasteiger partial charge in [-0.25, -0.2) is 4.98 Å². The van der Waals surface area contributed by atoms with Gasteiger partial charge in [0.2, 0.25) is 0 Å². The number of benzene rings is 1. The van der Waals surface area contributed by atoms with Crippen molar-refractivity contribution in [2.45, 2.75) is 44.6 Å². The maximum atomic E-state index is 11.6. The quantitative estimate of drug-likeness (QED) is 0.897. The molecule has 0 radical (unpaired) electrons. The van der Waals surface area contributed by atoms with Gasteiger partial charge in [0.1, 0.15) is 12.4 Å². The Morgan fingerprint density at radius 2 is 2.17 bits per heavy atom. The number of rotatable bonds is 5. The van der Waals surface area contributed by atoms with Gasteiger partial charge < -0.3 is 10.1 Å². The second kappa shape index (κ2) is 7.59. The van der Waals surface area contributed by atoms with Gasteiger partial charge in [0.05, 0.1) is 10.7 Å². The van der Waals surface area contributed by atoms with E-state index < -0.39 is 0 Å². The molecule has 1 amide bonds. The summed E-state index contributed by atoms with van der Waals surface area (Å²) in [6.45, 7) is 0.445. The average molecular weight is 330 g/mol. The number of thiazole rings is 1. The number of amides is 1. The van der Waals surface area contributed by atoms with E-state index in [2.05, 4.69) is 10.7 Å². The van der Waals surface area contributed by atoms with E-state index in [4.69, 9.17) is 9.72 Å². The van der Waals surface area contributed by atoms with Crippen LogP contribution in [-0.2, 0) is 6.61 Å². The Morgan fingerprint density at radius 3 is 2.96 bits per heavy atom. The zero-order chi connectivity index (χ0) is 16.1. The van der Waals surface area contributed by atoms with E-state index in [0.29, 0.717) is 23.8 Å². The highest BCUT2D eigenvalue weighted by Crippen LogP contribution is 2.34. The van der Waals surface area contributed by atoms with Gasteiger partial charge in [0.25, 0.3) is 5.91 Å². The predicted molar refractivity (Wildman–Crippen MR) is 92.1 cm³/mol. The van der Waals surface area contributed by atoms with E-state index in [9.17, 15) is 4.79 Å². The Hall–Kier alpha value is -1.88. The smallest absolute Gasteiger partial charge is 0.251 e. The second-order valence-electron chi connectivity index (χ2n) is 5.91. The third-order valence-corrected chi connectivity index (χ3v) is 5.29. The van der Waals surface area contributed by atoms with Crippen molar-refractivity contribution < 1.29 is 9.53 Å². The zero-order valence-electron chi connectivity index (χ0n) is 13.4. The molecule has 0 saturated heterocycles. The van der Waals surface area contributed by atoms with Gasteiger partial charge in [-0.05, 0) is 31.0 Å². The fourth-order valence-corrected chi connectivity index (χ4v) is 3.93. The lowest BCUT2D eigenvalue weighted by molar-refractivity contribution is 0.0962. The summed E-state index contributed by atoms with van der Waals surface area (Å²) in [5.74, 6) is 1.22. The fourth-order valence-electron chi connectivity index (χ4n) is 2.95. The summed E-state index contributed by atoms with van der Waals surface area (Å²) in [6.07, 6.45) is 6.54.